The van der Waals surface area contributed by atoms with Gasteiger partial charge in [0.15, 0.2) is 11.6 Å². The van der Waals surface area contributed by atoms with Crippen LogP contribution in [0.2, 0.25) is 0 Å². The van der Waals surface area contributed by atoms with E-state index in [9.17, 15) is 22.4 Å². The number of halogens is 4. The molecule has 82 valence electrons. The SMILES string of the molecule is O=C(O)Cc1cc(C(F)F)cc(F)c1F. The van der Waals surface area contributed by atoms with Crippen LogP contribution in [0.5, 0.6) is 0 Å². The van der Waals surface area contributed by atoms with Crippen molar-refractivity contribution in [2.75, 3.05) is 0 Å². The summed E-state index contributed by atoms with van der Waals surface area (Å²) in [4.78, 5) is 10.2. The van der Waals surface area contributed by atoms with Crippen LogP contribution in [0.25, 0.3) is 0 Å². The number of carboxylic acids is 1. The summed E-state index contributed by atoms with van der Waals surface area (Å²) in [7, 11) is 0. The molecule has 0 saturated heterocycles. The fourth-order valence-corrected chi connectivity index (χ4v) is 1.09. The summed E-state index contributed by atoms with van der Waals surface area (Å²) < 4.78 is 50.0. The minimum absolute atomic E-state index is 0.353. The van der Waals surface area contributed by atoms with E-state index in [1.807, 2.05) is 0 Å². The van der Waals surface area contributed by atoms with Crippen molar-refractivity contribution in [1.29, 1.82) is 0 Å². The predicted molar refractivity (Wildman–Crippen MR) is 42.7 cm³/mol. The van der Waals surface area contributed by atoms with Crippen LogP contribution in [0.1, 0.15) is 17.6 Å². The van der Waals surface area contributed by atoms with Crippen LogP contribution < -0.4 is 0 Å². The standard InChI is InChI=1S/C9H6F4O2/c10-6-2-5(9(12)13)1-4(8(6)11)3-7(14)15/h1-2,9H,3H2,(H,14,15). The van der Waals surface area contributed by atoms with Crippen LogP contribution >= 0.6 is 0 Å². The van der Waals surface area contributed by atoms with Crippen molar-refractivity contribution < 1.29 is 27.5 Å². The molecule has 0 saturated carbocycles. The number of carboxylic acid groups (broad SMARTS) is 1. The van der Waals surface area contributed by atoms with E-state index in [0.29, 0.717) is 12.1 Å². The first-order valence-electron chi connectivity index (χ1n) is 3.89. The highest BCUT2D eigenvalue weighted by atomic mass is 19.3. The molecule has 0 radical (unpaired) electrons. The largest absolute Gasteiger partial charge is 0.481 e. The van der Waals surface area contributed by atoms with Crippen molar-refractivity contribution >= 4 is 5.97 Å². The molecule has 0 amide bonds. The second-order valence-electron chi connectivity index (χ2n) is 2.85. The summed E-state index contributed by atoms with van der Waals surface area (Å²) in [5.41, 5.74) is -1.32. The lowest BCUT2D eigenvalue weighted by molar-refractivity contribution is -0.136. The Labute approximate surface area is 82.1 Å². The van der Waals surface area contributed by atoms with Crippen molar-refractivity contribution in [3.63, 3.8) is 0 Å². The molecule has 0 spiro atoms. The molecule has 0 bridgehead atoms. The summed E-state index contributed by atoms with van der Waals surface area (Å²) in [6.45, 7) is 0. The van der Waals surface area contributed by atoms with Gasteiger partial charge in [-0.25, -0.2) is 17.6 Å². The molecule has 2 nitrogen and oxygen atoms in total. The van der Waals surface area contributed by atoms with E-state index in [2.05, 4.69) is 0 Å². The van der Waals surface area contributed by atoms with Gasteiger partial charge in [0.25, 0.3) is 6.43 Å². The van der Waals surface area contributed by atoms with Gasteiger partial charge in [0.1, 0.15) is 0 Å². The Morgan fingerprint density at radius 1 is 1.33 bits per heavy atom. The van der Waals surface area contributed by atoms with E-state index in [4.69, 9.17) is 5.11 Å². The summed E-state index contributed by atoms with van der Waals surface area (Å²) in [6, 6.07) is 1.00. The fourth-order valence-electron chi connectivity index (χ4n) is 1.09. The van der Waals surface area contributed by atoms with Crippen LogP contribution in [0.15, 0.2) is 12.1 Å². The predicted octanol–water partition coefficient (Wildman–Crippen LogP) is 2.53. The molecule has 1 rings (SSSR count). The third-order valence-corrected chi connectivity index (χ3v) is 1.72. The Balaban J connectivity index is 3.18. The van der Waals surface area contributed by atoms with E-state index < -0.39 is 41.6 Å². The van der Waals surface area contributed by atoms with Crippen LogP contribution in [-0.4, -0.2) is 11.1 Å². The number of benzene rings is 1. The van der Waals surface area contributed by atoms with Crippen molar-refractivity contribution in [1.82, 2.24) is 0 Å². The summed E-state index contributed by atoms with van der Waals surface area (Å²) in [5, 5.41) is 8.34. The highest BCUT2D eigenvalue weighted by Gasteiger charge is 2.17. The first-order chi connectivity index (χ1) is 6.91. The van der Waals surface area contributed by atoms with Crippen LogP contribution in [0, 0.1) is 11.6 Å². The lowest BCUT2D eigenvalue weighted by Crippen LogP contribution is -2.05. The van der Waals surface area contributed by atoms with E-state index in [-0.39, 0.29) is 0 Å². The van der Waals surface area contributed by atoms with Gasteiger partial charge in [-0.3, -0.25) is 4.79 Å². The molecular formula is C9H6F4O2. The minimum atomic E-state index is -2.97. The quantitative estimate of drug-likeness (QED) is 0.798. The van der Waals surface area contributed by atoms with Crippen LogP contribution in [0.4, 0.5) is 17.6 Å². The Kier molecular flexibility index (Phi) is 3.28. The zero-order valence-corrected chi connectivity index (χ0v) is 7.31. The second kappa shape index (κ2) is 4.29. The highest BCUT2D eigenvalue weighted by molar-refractivity contribution is 5.70. The lowest BCUT2D eigenvalue weighted by Gasteiger charge is -2.05. The number of carbonyl (C=O) groups is 1. The number of hydrogen-bond acceptors (Lipinski definition) is 1. The maximum absolute atomic E-state index is 12.9. The molecule has 15 heavy (non-hydrogen) atoms. The Hall–Kier alpha value is -1.59. The van der Waals surface area contributed by atoms with Gasteiger partial charge in [-0.15, -0.1) is 0 Å². The summed E-state index contributed by atoms with van der Waals surface area (Å²) in [5.74, 6) is -4.29. The zero-order chi connectivity index (χ0) is 11.6. The molecule has 0 aromatic heterocycles. The van der Waals surface area contributed by atoms with Crippen molar-refractivity contribution in [2.24, 2.45) is 0 Å². The Morgan fingerprint density at radius 3 is 2.40 bits per heavy atom. The van der Waals surface area contributed by atoms with Crippen LogP contribution in [-0.2, 0) is 11.2 Å². The second-order valence-corrected chi connectivity index (χ2v) is 2.85. The monoisotopic (exact) mass is 222 g/mol. The number of rotatable bonds is 3. The van der Waals surface area contributed by atoms with Gasteiger partial charge in [0.2, 0.25) is 0 Å². The molecule has 0 atom stereocenters. The normalized spacial score (nSPS) is 10.7. The van der Waals surface area contributed by atoms with E-state index in [1.54, 1.807) is 0 Å². The van der Waals surface area contributed by atoms with Gasteiger partial charge in [-0.05, 0) is 12.1 Å². The number of alkyl halides is 2. The number of aliphatic carboxylic acids is 1. The van der Waals surface area contributed by atoms with E-state index >= 15 is 0 Å². The van der Waals surface area contributed by atoms with Gasteiger partial charge in [-0.2, -0.15) is 0 Å². The molecule has 0 heterocycles. The minimum Gasteiger partial charge on any atom is -0.481 e. The molecule has 0 aliphatic rings. The molecule has 0 unspecified atom stereocenters. The molecule has 1 aromatic rings. The first kappa shape index (κ1) is 11.5. The van der Waals surface area contributed by atoms with E-state index in [1.165, 1.54) is 0 Å². The lowest BCUT2D eigenvalue weighted by atomic mass is 10.1. The zero-order valence-electron chi connectivity index (χ0n) is 7.31. The van der Waals surface area contributed by atoms with Gasteiger partial charge >= 0.3 is 5.97 Å². The third-order valence-electron chi connectivity index (χ3n) is 1.72. The Morgan fingerprint density at radius 2 is 1.93 bits per heavy atom. The van der Waals surface area contributed by atoms with Crippen LogP contribution in [0.3, 0.4) is 0 Å². The molecule has 1 N–H and O–H groups in total. The first-order valence-corrected chi connectivity index (χ1v) is 3.89. The fraction of sp³-hybridized carbons (Fsp3) is 0.222. The summed E-state index contributed by atoms with van der Waals surface area (Å²) >= 11 is 0. The maximum Gasteiger partial charge on any atom is 0.307 e. The molecule has 0 aliphatic carbocycles. The van der Waals surface area contributed by atoms with Crippen molar-refractivity contribution in [3.05, 3.63) is 34.9 Å². The molecule has 1 aromatic carbocycles. The highest BCUT2D eigenvalue weighted by Crippen LogP contribution is 2.23. The van der Waals surface area contributed by atoms with E-state index in [0.717, 1.165) is 0 Å². The molecule has 0 fully saturated rings. The van der Waals surface area contributed by atoms with Gasteiger partial charge in [0, 0.05) is 11.1 Å². The van der Waals surface area contributed by atoms with Crippen molar-refractivity contribution in [2.45, 2.75) is 12.8 Å². The van der Waals surface area contributed by atoms with Gasteiger partial charge in [0.05, 0.1) is 6.42 Å². The maximum atomic E-state index is 12.9. The number of hydrogen-bond donors (Lipinski definition) is 1. The average molecular weight is 222 g/mol. The third kappa shape index (κ3) is 2.68. The van der Waals surface area contributed by atoms with Gasteiger partial charge in [-0.1, -0.05) is 0 Å². The topological polar surface area (TPSA) is 37.3 Å². The van der Waals surface area contributed by atoms with Crippen molar-refractivity contribution in [3.8, 4) is 0 Å². The molecule has 0 aliphatic heterocycles. The molecular weight excluding hydrogens is 216 g/mol. The molecule has 6 heteroatoms. The average Bonchev–Trinajstić information content (AvgIpc) is 2.11. The van der Waals surface area contributed by atoms with Gasteiger partial charge < -0.3 is 5.11 Å². The smallest absolute Gasteiger partial charge is 0.307 e. The summed E-state index contributed by atoms with van der Waals surface area (Å²) in [6.07, 6.45) is -3.80. The Bertz CT molecular complexity index is 390.